The van der Waals surface area contributed by atoms with Crippen LogP contribution in [0.1, 0.15) is 28.9 Å². The fourth-order valence-electron chi connectivity index (χ4n) is 2.56. The Hall–Kier alpha value is -2.35. The van der Waals surface area contributed by atoms with Crippen molar-refractivity contribution in [2.75, 3.05) is 25.5 Å². The molecule has 0 atom stereocenters. The maximum Gasteiger partial charge on any atom is 0.269 e. The summed E-state index contributed by atoms with van der Waals surface area (Å²) in [6.45, 7) is 3.10. The maximum absolute atomic E-state index is 12.1. The van der Waals surface area contributed by atoms with Gasteiger partial charge in [-0.3, -0.25) is 14.6 Å². The monoisotopic (exact) mass is 440 g/mol. The molecule has 2 aromatic rings. The quantitative estimate of drug-likeness (QED) is 0.585. The number of nitrogens with one attached hydrogen (secondary N) is 3. The number of benzene rings is 1. The fraction of sp³-hybridized carbons (Fsp3) is 0.350. The fourth-order valence-corrected chi connectivity index (χ4v) is 2.56. The molecule has 1 aromatic carbocycles. The van der Waals surface area contributed by atoms with Gasteiger partial charge in [0.15, 0.2) is 0 Å². The summed E-state index contributed by atoms with van der Waals surface area (Å²) in [5, 5.41) is 8.57. The number of anilines is 1. The first-order chi connectivity index (χ1) is 13.0. The summed E-state index contributed by atoms with van der Waals surface area (Å²) in [4.78, 5) is 27.8. The Labute approximate surface area is 182 Å². The number of carbonyl (C=O) groups is 2. The molecule has 0 spiro atoms. The van der Waals surface area contributed by atoms with Crippen LogP contribution in [0.4, 0.5) is 5.69 Å². The number of rotatable bonds is 8. The van der Waals surface area contributed by atoms with Crippen molar-refractivity contribution in [2.24, 2.45) is 5.92 Å². The summed E-state index contributed by atoms with van der Waals surface area (Å²) in [5.41, 5.74) is 1.85. The highest BCUT2D eigenvalue weighted by Gasteiger charge is 2.20. The van der Waals surface area contributed by atoms with Crippen LogP contribution in [0.2, 0.25) is 0 Å². The van der Waals surface area contributed by atoms with Crippen LogP contribution in [0.5, 0.6) is 11.5 Å². The van der Waals surface area contributed by atoms with Gasteiger partial charge in [-0.25, -0.2) is 0 Å². The lowest BCUT2D eigenvalue weighted by Crippen LogP contribution is -2.29. The van der Waals surface area contributed by atoms with Gasteiger partial charge in [0.25, 0.3) is 5.91 Å². The first-order valence-electron chi connectivity index (χ1n) is 9.02. The van der Waals surface area contributed by atoms with Crippen LogP contribution in [-0.2, 0) is 4.79 Å². The number of ether oxygens (including phenoxy) is 1. The van der Waals surface area contributed by atoms with Crippen molar-refractivity contribution in [2.45, 2.75) is 19.8 Å². The van der Waals surface area contributed by atoms with Gasteiger partial charge in [0, 0.05) is 31.1 Å². The van der Waals surface area contributed by atoms with Crippen LogP contribution in [0.15, 0.2) is 36.5 Å². The highest BCUT2D eigenvalue weighted by atomic mass is 35.5. The molecule has 29 heavy (non-hydrogen) atoms. The van der Waals surface area contributed by atoms with Gasteiger partial charge in [-0.2, -0.15) is 0 Å². The van der Waals surface area contributed by atoms with Crippen LogP contribution in [0.25, 0.3) is 0 Å². The van der Waals surface area contributed by atoms with Gasteiger partial charge in [-0.1, -0.05) is 6.07 Å². The molecular weight excluding hydrogens is 415 g/mol. The third-order valence-corrected chi connectivity index (χ3v) is 4.31. The van der Waals surface area contributed by atoms with Crippen molar-refractivity contribution in [1.82, 2.24) is 15.6 Å². The van der Waals surface area contributed by atoms with Gasteiger partial charge in [0.2, 0.25) is 5.91 Å². The van der Waals surface area contributed by atoms with Crippen LogP contribution in [0, 0.1) is 12.8 Å². The normalized spacial score (nSPS) is 12.2. The van der Waals surface area contributed by atoms with E-state index in [0.717, 1.165) is 18.0 Å². The zero-order valence-electron chi connectivity index (χ0n) is 16.4. The smallest absolute Gasteiger partial charge is 0.269 e. The summed E-state index contributed by atoms with van der Waals surface area (Å²) in [6, 6.07) is 8.74. The minimum atomic E-state index is -0.281. The SMILES string of the molecule is CNC(=O)c1cc(Oc2cc(NC(=O)CNCC3CC3)ccc2C)ccn1.Cl.Cl. The lowest BCUT2D eigenvalue weighted by molar-refractivity contribution is -0.115. The second-order valence-corrected chi connectivity index (χ2v) is 6.66. The highest BCUT2D eigenvalue weighted by molar-refractivity contribution is 5.93. The maximum atomic E-state index is 12.1. The number of amides is 2. The Morgan fingerprint density at radius 1 is 1.17 bits per heavy atom. The average Bonchev–Trinajstić information content (AvgIpc) is 3.48. The minimum absolute atomic E-state index is 0. The average molecular weight is 441 g/mol. The Morgan fingerprint density at radius 2 is 1.93 bits per heavy atom. The molecular formula is C20H26Cl2N4O3. The third-order valence-electron chi connectivity index (χ3n) is 4.31. The first-order valence-corrected chi connectivity index (χ1v) is 9.02. The Balaban J connectivity index is 0.00000210. The third kappa shape index (κ3) is 7.53. The van der Waals surface area contributed by atoms with E-state index in [2.05, 4.69) is 20.9 Å². The largest absolute Gasteiger partial charge is 0.457 e. The molecule has 158 valence electrons. The number of hydrogen-bond acceptors (Lipinski definition) is 5. The lowest BCUT2D eigenvalue weighted by atomic mass is 10.2. The van der Waals surface area contributed by atoms with Crippen molar-refractivity contribution in [3.8, 4) is 11.5 Å². The second-order valence-electron chi connectivity index (χ2n) is 6.66. The van der Waals surface area contributed by atoms with Crippen LogP contribution >= 0.6 is 24.8 Å². The van der Waals surface area contributed by atoms with Crippen molar-refractivity contribution in [3.63, 3.8) is 0 Å². The summed E-state index contributed by atoms with van der Waals surface area (Å²) in [5.74, 6) is 1.47. The summed E-state index contributed by atoms with van der Waals surface area (Å²) in [6.07, 6.45) is 4.03. The van der Waals surface area contributed by atoms with Crippen molar-refractivity contribution in [1.29, 1.82) is 0 Å². The lowest BCUT2D eigenvalue weighted by Gasteiger charge is -2.12. The molecule has 1 aromatic heterocycles. The number of aromatic nitrogens is 1. The van der Waals surface area contributed by atoms with E-state index in [1.807, 2.05) is 19.1 Å². The van der Waals surface area contributed by atoms with Gasteiger partial charge < -0.3 is 20.7 Å². The molecule has 2 amide bonds. The van der Waals surface area contributed by atoms with E-state index in [0.29, 0.717) is 23.7 Å². The van der Waals surface area contributed by atoms with Gasteiger partial charge in [-0.05, 0) is 49.9 Å². The summed E-state index contributed by atoms with van der Waals surface area (Å²) in [7, 11) is 1.55. The second kappa shape index (κ2) is 11.6. The Morgan fingerprint density at radius 3 is 2.62 bits per heavy atom. The molecule has 0 unspecified atom stereocenters. The molecule has 1 heterocycles. The van der Waals surface area contributed by atoms with E-state index in [9.17, 15) is 9.59 Å². The Bertz CT molecular complexity index is 844. The zero-order chi connectivity index (χ0) is 19.2. The molecule has 1 fully saturated rings. The predicted molar refractivity (Wildman–Crippen MR) is 118 cm³/mol. The molecule has 1 aliphatic carbocycles. The molecule has 7 nitrogen and oxygen atoms in total. The highest BCUT2D eigenvalue weighted by Crippen LogP contribution is 2.28. The van der Waals surface area contributed by atoms with E-state index < -0.39 is 0 Å². The van der Waals surface area contributed by atoms with E-state index in [-0.39, 0.29) is 42.3 Å². The van der Waals surface area contributed by atoms with E-state index >= 15 is 0 Å². The van der Waals surface area contributed by atoms with Gasteiger partial charge in [-0.15, -0.1) is 24.8 Å². The van der Waals surface area contributed by atoms with Gasteiger partial charge in [0.1, 0.15) is 17.2 Å². The topological polar surface area (TPSA) is 92.4 Å². The molecule has 3 N–H and O–H groups in total. The van der Waals surface area contributed by atoms with Crippen molar-refractivity contribution < 1.29 is 14.3 Å². The summed E-state index contributed by atoms with van der Waals surface area (Å²) >= 11 is 0. The van der Waals surface area contributed by atoms with Crippen LogP contribution in [0.3, 0.4) is 0 Å². The molecule has 9 heteroatoms. The molecule has 0 radical (unpaired) electrons. The first kappa shape index (κ1) is 24.7. The minimum Gasteiger partial charge on any atom is -0.457 e. The number of hydrogen-bond donors (Lipinski definition) is 3. The molecule has 0 bridgehead atoms. The molecule has 1 saturated carbocycles. The van der Waals surface area contributed by atoms with Crippen LogP contribution < -0.4 is 20.7 Å². The molecule has 0 saturated heterocycles. The molecule has 3 rings (SSSR count). The summed E-state index contributed by atoms with van der Waals surface area (Å²) < 4.78 is 5.90. The molecule has 0 aliphatic heterocycles. The van der Waals surface area contributed by atoms with Gasteiger partial charge >= 0.3 is 0 Å². The number of pyridine rings is 1. The molecule has 1 aliphatic rings. The number of nitrogens with zero attached hydrogens (tertiary/aromatic N) is 1. The van der Waals surface area contributed by atoms with Crippen molar-refractivity contribution in [3.05, 3.63) is 47.8 Å². The number of halogens is 2. The van der Waals surface area contributed by atoms with Crippen LogP contribution in [-0.4, -0.2) is 36.9 Å². The van der Waals surface area contributed by atoms with Gasteiger partial charge in [0.05, 0.1) is 6.54 Å². The van der Waals surface area contributed by atoms with Crippen molar-refractivity contribution >= 4 is 42.3 Å². The zero-order valence-corrected chi connectivity index (χ0v) is 18.0. The standard InChI is InChI=1S/C20H24N4O3.2ClH/c1-13-3-6-15(24-19(25)12-22-11-14-4-5-14)9-18(13)27-16-7-8-23-17(10-16)20(26)21-2;;/h3,6-10,14,22H,4-5,11-12H2,1-2H3,(H,21,26)(H,24,25);2*1H. The predicted octanol–water partition coefficient (Wildman–Crippen LogP) is 3.32. The van der Waals surface area contributed by atoms with E-state index in [4.69, 9.17) is 4.74 Å². The van der Waals surface area contributed by atoms with E-state index in [1.54, 1.807) is 25.2 Å². The number of carbonyl (C=O) groups excluding carboxylic acids is 2. The Kier molecular flexibility index (Phi) is 9.88. The van der Waals surface area contributed by atoms with E-state index in [1.165, 1.54) is 19.0 Å². The number of aryl methyl sites for hydroxylation is 1.